The highest BCUT2D eigenvalue weighted by Crippen LogP contribution is 2.14. The number of rotatable bonds is 4. The van der Waals surface area contributed by atoms with Gasteiger partial charge in [0.1, 0.15) is 0 Å². The van der Waals surface area contributed by atoms with Crippen molar-refractivity contribution in [3.63, 3.8) is 0 Å². The lowest BCUT2D eigenvalue weighted by molar-refractivity contribution is 0.0980. The highest BCUT2D eigenvalue weighted by atomic mass is 32.2. The molecule has 0 unspecified atom stereocenters. The minimum absolute atomic E-state index is 0.275. The van der Waals surface area contributed by atoms with Gasteiger partial charge in [0.25, 0.3) is 5.91 Å². The fourth-order valence-electron chi connectivity index (χ4n) is 2.19. The summed E-state index contributed by atoms with van der Waals surface area (Å²) in [6.07, 6.45) is 0. The third-order valence-electron chi connectivity index (χ3n) is 3.58. The Balaban J connectivity index is 2.23. The summed E-state index contributed by atoms with van der Waals surface area (Å²) in [5.74, 6) is -1.09. The lowest BCUT2D eigenvalue weighted by Crippen LogP contribution is -2.32. The Hall–Kier alpha value is -2.65. The van der Waals surface area contributed by atoms with Crippen molar-refractivity contribution in [3.8, 4) is 6.07 Å². The molecule has 23 heavy (non-hydrogen) atoms. The fraction of sp³-hybridized carbons (Fsp3) is 0.176. The van der Waals surface area contributed by atoms with E-state index < -0.39 is 21.7 Å². The van der Waals surface area contributed by atoms with Crippen molar-refractivity contribution in [1.82, 2.24) is 4.72 Å². The molecule has 0 spiro atoms. The average Bonchev–Trinajstić information content (AvgIpc) is 2.49. The molecule has 6 heteroatoms. The Labute approximate surface area is 135 Å². The summed E-state index contributed by atoms with van der Waals surface area (Å²) in [5.41, 5.74) is 2.60. The van der Waals surface area contributed by atoms with Crippen LogP contribution in [0.4, 0.5) is 0 Å². The predicted octanol–water partition coefficient (Wildman–Crippen LogP) is 2.43. The van der Waals surface area contributed by atoms with E-state index in [2.05, 4.69) is 4.72 Å². The van der Waals surface area contributed by atoms with Crippen LogP contribution in [-0.4, -0.2) is 14.3 Å². The zero-order valence-electron chi connectivity index (χ0n) is 12.8. The predicted molar refractivity (Wildman–Crippen MR) is 87.2 cm³/mol. The summed E-state index contributed by atoms with van der Waals surface area (Å²) in [4.78, 5) is 12.2. The van der Waals surface area contributed by atoms with Gasteiger partial charge in [-0.1, -0.05) is 30.3 Å². The molecule has 0 heterocycles. The van der Waals surface area contributed by atoms with Gasteiger partial charge in [-0.3, -0.25) is 4.79 Å². The molecular formula is C17H16N2O3S. The number of amides is 1. The number of hydrogen-bond acceptors (Lipinski definition) is 4. The van der Waals surface area contributed by atoms with Crippen LogP contribution >= 0.6 is 0 Å². The van der Waals surface area contributed by atoms with E-state index in [0.29, 0.717) is 11.1 Å². The monoisotopic (exact) mass is 328 g/mol. The van der Waals surface area contributed by atoms with E-state index in [1.807, 2.05) is 19.1 Å². The van der Waals surface area contributed by atoms with Crippen LogP contribution < -0.4 is 4.72 Å². The quantitative estimate of drug-likeness (QED) is 0.934. The van der Waals surface area contributed by atoms with Crippen molar-refractivity contribution in [2.24, 2.45) is 0 Å². The van der Waals surface area contributed by atoms with Crippen molar-refractivity contribution >= 4 is 15.9 Å². The molecule has 1 amide bonds. The van der Waals surface area contributed by atoms with Crippen molar-refractivity contribution in [2.45, 2.75) is 19.6 Å². The lowest BCUT2D eigenvalue weighted by Gasteiger charge is -2.10. The summed E-state index contributed by atoms with van der Waals surface area (Å²) in [5, 5.41) is 9.01. The minimum Gasteiger partial charge on any atom is -0.268 e. The molecule has 0 fully saturated rings. The molecule has 0 bridgehead atoms. The number of benzene rings is 2. The van der Waals surface area contributed by atoms with Gasteiger partial charge in [0.15, 0.2) is 0 Å². The molecule has 5 nitrogen and oxygen atoms in total. The van der Waals surface area contributed by atoms with Crippen molar-refractivity contribution < 1.29 is 13.2 Å². The van der Waals surface area contributed by atoms with Crippen molar-refractivity contribution in [1.29, 1.82) is 5.26 Å². The van der Waals surface area contributed by atoms with Crippen LogP contribution in [-0.2, 0) is 15.8 Å². The standard InChI is InChI=1S/C17H16N2O3S/c1-12-6-5-9-16(13(12)2)17(20)19-23(21,22)11-15-8-4-3-7-14(15)10-18/h3-9H,11H2,1-2H3,(H,19,20). The minimum atomic E-state index is -3.89. The van der Waals surface area contributed by atoms with Crippen LogP contribution in [0.15, 0.2) is 42.5 Å². The largest absolute Gasteiger partial charge is 0.268 e. The summed E-state index contributed by atoms with van der Waals surface area (Å²) < 4.78 is 26.5. The van der Waals surface area contributed by atoms with Gasteiger partial charge in [0, 0.05) is 5.56 Å². The Morgan fingerprint density at radius 3 is 2.52 bits per heavy atom. The number of nitriles is 1. The number of sulfonamides is 1. The maximum Gasteiger partial charge on any atom is 0.265 e. The Morgan fingerprint density at radius 2 is 1.83 bits per heavy atom. The second-order valence-corrected chi connectivity index (χ2v) is 6.93. The first-order valence-corrected chi connectivity index (χ1v) is 8.58. The average molecular weight is 328 g/mol. The van der Waals surface area contributed by atoms with Crippen LogP contribution in [0.2, 0.25) is 0 Å². The van der Waals surface area contributed by atoms with Gasteiger partial charge in [-0.2, -0.15) is 5.26 Å². The van der Waals surface area contributed by atoms with Gasteiger partial charge in [-0.25, -0.2) is 13.1 Å². The molecule has 0 aromatic heterocycles. The Kier molecular flexibility index (Phi) is 4.82. The number of hydrogen-bond donors (Lipinski definition) is 1. The maximum absolute atomic E-state index is 12.2. The molecular weight excluding hydrogens is 312 g/mol. The third kappa shape index (κ3) is 3.96. The van der Waals surface area contributed by atoms with Gasteiger partial charge >= 0.3 is 0 Å². The van der Waals surface area contributed by atoms with E-state index in [-0.39, 0.29) is 5.56 Å². The molecule has 0 radical (unpaired) electrons. The Bertz CT molecular complexity index is 896. The topological polar surface area (TPSA) is 87.0 Å². The van der Waals surface area contributed by atoms with Crippen molar-refractivity contribution in [3.05, 3.63) is 70.3 Å². The van der Waals surface area contributed by atoms with Crippen LogP contribution in [0.5, 0.6) is 0 Å². The number of nitrogens with zero attached hydrogens (tertiary/aromatic N) is 1. The van der Waals surface area contributed by atoms with Gasteiger partial charge in [0.05, 0.1) is 17.4 Å². The highest BCUT2D eigenvalue weighted by molar-refractivity contribution is 7.89. The first-order valence-electron chi connectivity index (χ1n) is 6.93. The van der Waals surface area contributed by atoms with E-state index in [0.717, 1.165) is 11.1 Å². The van der Waals surface area contributed by atoms with E-state index in [1.165, 1.54) is 6.07 Å². The van der Waals surface area contributed by atoms with E-state index in [9.17, 15) is 13.2 Å². The Morgan fingerprint density at radius 1 is 1.13 bits per heavy atom. The van der Waals surface area contributed by atoms with Gasteiger partial charge < -0.3 is 0 Å². The number of aryl methyl sites for hydroxylation is 1. The van der Waals surface area contributed by atoms with Crippen LogP contribution in [0.1, 0.15) is 32.6 Å². The molecule has 118 valence electrons. The molecule has 2 aromatic carbocycles. The smallest absolute Gasteiger partial charge is 0.265 e. The van der Waals surface area contributed by atoms with Gasteiger partial charge in [-0.15, -0.1) is 0 Å². The molecule has 0 saturated heterocycles. The van der Waals surface area contributed by atoms with Crippen LogP contribution in [0.3, 0.4) is 0 Å². The molecule has 0 aliphatic rings. The zero-order chi connectivity index (χ0) is 17.0. The molecule has 2 rings (SSSR count). The van der Waals surface area contributed by atoms with Crippen LogP contribution in [0.25, 0.3) is 0 Å². The summed E-state index contributed by atoms with van der Waals surface area (Å²) in [7, 11) is -3.89. The first kappa shape index (κ1) is 16.7. The maximum atomic E-state index is 12.2. The summed E-state index contributed by atoms with van der Waals surface area (Å²) in [6, 6.07) is 13.5. The molecule has 0 aliphatic carbocycles. The number of carbonyl (C=O) groups excluding carboxylic acids is 1. The molecule has 2 aromatic rings. The third-order valence-corrected chi connectivity index (χ3v) is 4.77. The second kappa shape index (κ2) is 6.63. The molecule has 0 aliphatic heterocycles. The van der Waals surface area contributed by atoms with E-state index in [1.54, 1.807) is 37.3 Å². The normalized spacial score (nSPS) is 10.8. The zero-order valence-corrected chi connectivity index (χ0v) is 13.6. The molecule has 0 atom stereocenters. The van der Waals surface area contributed by atoms with Crippen LogP contribution in [0, 0.1) is 25.2 Å². The second-order valence-electron chi connectivity index (χ2n) is 5.21. The van der Waals surface area contributed by atoms with Crippen molar-refractivity contribution in [2.75, 3.05) is 0 Å². The summed E-state index contributed by atoms with van der Waals surface area (Å²) in [6.45, 7) is 3.62. The summed E-state index contributed by atoms with van der Waals surface area (Å²) >= 11 is 0. The molecule has 0 saturated carbocycles. The van der Waals surface area contributed by atoms with E-state index >= 15 is 0 Å². The van der Waals surface area contributed by atoms with E-state index in [4.69, 9.17) is 5.26 Å². The van der Waals surface area contributed by atoms with Gasteiger partial charge in [0.2, 0.25) is 10.0 Å². The number of carbonyl (C=O) groups is 1. The van der Waals surface area contributed by atoms with Gasteiger partial charge in [-0.05, 0) is 42.7 Å². The first-order chi connectivity index (χ1) is 10.8. The highest BCUT2D eigenvalue weighted by Gasteiger charge is 2.19. The fourth-order valence-corrected chi connectivity index (χ4v) is 3.32. The number of nitrogens with one attached hydrogen (secondary N) is 1. The molecule has 1 N–H and O–H groups in total. The SMILES string of the molecule is Cc1cccc(C(=O)NS(=O)(=O)Cc2ccccc2C#N)c1C. The lowest BCUT2D eigenvalue weighted by atomic mass is 10.0.